The lowest BCUT2D eigenvalue weighted by Crippen LogP contribution is -2.25. The summed E-state index contributed by atoms with van der Waals surface area (Å²) in [5.74, 6) is 0.666. The van der Waals surface area contributed by atoms with Gasteiger partial charge in [-0.25, -0.2) is 0 Å². The highest BCUT2D eigenvalue weighted by molar-refractivity contribution is 6.32. The zero-order valence-electron chi connectivity index (χ0n) is 49.2. The molecule has 0 fully saturated rings. The number of ketones is 2. The maximum atomic E-state index is 13.9. The van der Waals surface area contributed by atoms with E-state index in [4.69, 9.17) is 76.5 Å². The third kappa shape index (κ3) is 29.3. The van der Waals surface area contributed by atoms with Crippen molar-refractivity contribution in [2.75, 3.05) is 169 Å². The summed E-state index contributed by atoms with van der Waals surface area (Å²) in [4.78, 5) is 48.8. The Balaban J connectivity index is 0.000000554. The Kier molecular flexibility index (Phi) is 37.6. The van der Waals surface area contributed by atoms with Gasteiger partial charge in [0.25, 0.3) is 0 Å². The first kappa shape index (κ1) is 70.7. The van der Waals surface area contributed by atoms with Gasteiger partial charge in [0, 0.05) is 28.9 Å². The van der Waals surface area contributed by atoms with Crippen LogP contribution in [0.2, 0.25) is 0 Å². The zero-order valence-corrected chi connectivity index (χ0v) is 49.2. The molecule has 84 heavy (non-hydrogen) atoms. The Morgan fingerprint density at radius 2 is 0.786 bits per heavy atom. The van der Waals surface area contributed by atoms with Crippen LogP contribution in [-0.2, 0) is 66.4 Å². The van der Waals surface area contributed by atoms with E-state index in [9.17, 15) is 19.2 Å². The average molecular weight is 1180 g/mol. The number of nitrogens with one attached hydrogen (secondary N) is 2. The second-order valence-electron chi connectivity index (χ2n) is 18.9. The molecule has 0 spiro atoms. The molecule has 22 heteroatoms. The molecule has 0 bridgehead atoms. The van der Waals surface area contributed by atoms with Crippen LogP contribution < -0.4 is 20.1 Å². The maximum absolute atomic E-state index is 13.9. The highest BCUT2D eigenvalue weighted by Crippen LogP contribution is 2.39. The van der Waals surface area contributed by atoms with E-state index in [1.807, 2.05) is 52.0 Å². The number of ether oxygens (including phenoxy) is 14. The summed E-state index contributed by atoms with van der Waals surface area (Å²) >= 11 is 0. The topological polar surface area (TPSA) is 262 Å². The van der Waals surface area contributed by atoms with Gasteiger partial charge in [-0.15, -0.1) is 0 Å². The van der Waals surface area contributed by atoms with Gasteiger partial charge in [0.05, 0.1) is 192 Å². The Labute approximate surface area is 493 Å². The fourth-order valence-electron chi connectivity index (χ4n) is 7.79. The second kappa shape index (κ2) is 44.6. The lowest BCUT2D eigenvalue weighted by atomic mass is 9.82. The fourth-order valence-corrected chi connectivity index (χ4v) is 7.79. The number of hydrogen-bond acceptors (Lipinski definition) is 22. The van der Waals surface area contributed by atoms with E-state index in [-0.39, 0.29) is 66.9 Å². The van der Waals surface area contributed by atoms with Crippen molar-refractivity contribution >= 4 is 46.9 Å². The molecule has 0 radical (unpaired) electrons. The number of anilines is 4. The molecule has 4 unspecified atom stereocenters. The smallest absolute Gasteiger partial charge is 0.196 e. The molecular weight excluding hydrogens is 1090 g/mol. The maximum Gasteiger partial charge on any atom is 0.196 e. The minimum absolute atomic E-state index is 0.00259. The minimum Gasteiger partial charge on any atom is -0.491 e. The summed E-state index contributed by atoms with van der Waals surface area (Å²) in [6.45, 7) is 17.2. The number of hydrogen-bond donors (Lipinski definition) is 4. The molecule has 0 amide bonds. The lowest BCUT2D eigenvalue weighted by molar-refractivity contribution is -0.110. The van der Waals surface area contributed by atoms with Crippen LogP contribution in [0, 0.1) is 0 Å². The molecule has 5 rings (SSSR count). The third-order valence-electron chi connectivity index (χ3n) is 12.0. The standard InChI is InChI=1S/C46H56N2O13.C16H32O7/c1-33(61-32-34(2)58-29-27-55-24-23-54-22-21-53-19-17-49)31-57-26-25-56-28-30-60-38-13-9-36(10-14-38)48-42-16-15-41(47-35-7-11-37(12-8-35)59-20-18-50)43-44(42)46(52)40-6-4-3-5-39(40)45(43)51;1-15(4-3-5-17)23-14-16(2)22-13-12-21-11-10-20-9-8-19-7-6-18/h3-16,18,33-34,47-49H,17,19-32H2,1-2H3;5,15-16,18H,3-4,6-14H2,1-2H3. The number of carbonyl (C=O) groups excluding carboxylic acids is 4. The molecule has 466 valence electrons. The van der Waals surface area contributed by atoms with Gasteiger partial charge in [0.2, 0.25) is 0 Å². The number of fused-ring (bicyclic) bond motifs is 2. The minimum atomic E-state index is -0.258. The van der Waals surface area contributed by atoms with Crippen LogP contribution in [0.5, 0.6) is 11.5 Å². The number of rotatable bonds is 49. The van der Waals surface area contributed by atoms with E-state index in [0.29, 0.717) is 197 Å². The van der Waals surface area contributed by atoms with Gasteiger partial charge in [0.15, 0.2) is 17.9 Å². The molecular formula is C62H88N2O20. The molecule has 4 atom stereocenters. The average Bonchev–Trinajstić information content (AvgIpc) is 1.79. The molecule has 0 aromatic heterocycles. The van der Waals surface area contributed by atoms with Crippen molar-refractivity contribution in [1.82, 2.24) is 0 Å². The van der Waals surface area contributed by atoms with E-state index < -0.39 is 0 Å². The second-order valence-corrected chi connectivity index (χ2v) is 18.9. The van der Waals surface area contributed by atoms with Crippen LogP contribution in [0.15, 0.2) is 84.9 Å². The summed E-state index contributed by atoms with van der Waals surface area (Å²) in [5.41, 5.74) is 3.61. The summed E-state index contributed by atoms with van der Waals surface area (Å²) in [5, 5.41) is 23.8. The molecule has 1 aliphatic carbocycles. The van der Waals surface area contributed by atoms with E-state index in [0.717, 1.165) is 12.7 Å². The Hall–Kier alpha value is -5.80. The van der Waals surface area contributed by atoms with Crippen molar-refractivity contribution in [2.45, 2.75) is 65.0 Å². The SMILES string of the molecule is CC(CCC=O)OCC(C)OCCOCCOCCOCCO.CC(COCCOCCOc1ccc(Nc2ccc(Nc3ccc(OCC=O)cc3)c3c2C(=O)c2ccccc2C3=O)cc1)OCC(C)OCCOCCOCCOCCO. The van der Waals surface area contributed by atoms with Crippen LogP contribution in [0.25, 0.3) is 0 Å². The van der Waals surface area contributed by atoms with E-state index in [1.54, 1.807) is 60.7 Å². The van der Waals surface area contributed by atoms with Crippen LogP contribution in [0.1, 0.15) is 72.4 Å². The van der Waals surface area contributed by atoms with Crippen molar-refractivity contribution in [1.29, 1.82) is 0 Å². The molecule has 22 nitrogen and oxygen atoms in total. The van der Waals surface area contributed by atoms with Crippen molar-refractivity contribution < 1.29 is 95.7 Å². The van der Waals surface area contributed by atoms with E-state index in [1.165, 1.54) is 0 Å². The first-order valence-corrected chi connectivity index (χ1v) is 28.6. The zero-order chi connectivity index (χ0) is 60.2. The van der Waals surface area contributed by atoms with Crippen molar-refractivity contribution in [3.05, 3.63) is 107 Å². The number of aliphatic hydroxyl groups is 2. The molecule has 4 aromatic carbocycles. The fraction of sp³-hybridized carbons (Fsp3) is 0.548. The van der Waals surface area contributed by atoms with Gasteiger partial charge in [-0.1, -0.05) is 24.3 Å². The summed E-state index contributed by atoms with van der Waals surface area (Å²) in [6.07, 6.45) is 2.73. The van der Waals surface area contributed by atoms with Crippen molar-refractivity contribution in [3.63, 3.8) is 0 Å². The van der Waals surface area contributed by atoms with Crippen LogP contribution in [0.4, 0.5) is 22.7 Å². The van der Waals surface area contributed by atoms with Gasteiger partial charge in [-0.2, -0.15) is 0 Å². The van der Waals surface area contributed by atoms with Crippen molar-refractivity contribution in [3.8, 4) is 11.5 Å². The van der Waals surface area contributed by atoms with Gasteiger partial charge in [-0.3, -0.25) is 14.4 Å². The summed E-state index contributed by atoms with van der Waals surface area (Å²) in [7, 11) is 0. The molecule has 0 aliphatic heterocycles. The normalized spacial score (nSPS) is 13.2. The van der Waals surface area contributed by atoms with E-state index >= 15 is 0 Å². The quantitative estimate of drug-likeness (QED) is 0.0236. The molecule has 1 aliphatic rings. The molecule has 0 saturated heterocycles. The molecule has 0 saturated carbocycles. The van der Waals surface area contributed by atoms with Gasteiger partial charge in [-0.05, 0) is 94.8 Å². The first-order chi connectivity index (χ1) is 41.1. The summed E-state index contributed by atoms with van der Waals surface area (Å²) in [6, 6.07) is 24.7. The highest BCUT2D eigenvalue weighted by atomic mass is 16.6. The predicted molar refractivity (Wildman–Crippen MR) is 314 cm³/mol. The van der Waals surface area contributed by atoms with Crippen LogP contribution in [0.3, 0.4) is 0 Å². The van der Waals surface area contributed by atoms with Gasteiger partial charge < -0.3 is 92.0 Å². The molecule has 4 aromatic rings. The molecule has 4 N–H and O–H groups in total. The predicted octanol–water partition coefficient (Wildman–Crippen LogP) is 6.61. The van der Waals surface area contributed by atoms with Gasteiger partial charge >= 0.3 is 0 Å². The van der Waals surface area contributed by atoms with Crippen molar-refractivity contribution in [2.24, 2.45) is 0 Å². The highest BCUT2D eigenvalue weighted by Gasteiger charge is 2.34. The Bertz CT molecular complexity index is 2400. The Morgan fingerprint density at radius 1 is 0.405 bits per heavy atom. The largest absolute Gasteiger partial charge is 0.491 e. The summed E-state index contributed by atoms with van der Waals surface area (Å²) < 4.78 is 77.0. The lowest BCUT2D eigenvalue weighted by Gasteiger charge is -2.24. The Morgan fingerprint density at radius 3 is 1.21 bits per heavy atom. The van der Waals surface area contributed by atoms with Gasteiger partial charge in [0.1, 0.15) is 31.0 Å². The third-order valence-corrected chi connectivity index (χ3v) is 12.0. The van der Waals surface area contributed by atoms with E-state index in [2.05, 4.69) is 10.6 Å². The monoisotopic (exact) mass is 1180 g/mol. The van der Waals surface area contributed by atoms with Crippen LogP contribution in [-0.4, -0.2) is 217 Å². The van der Waals surface area contributed by atoms with Crippen LogP contribution >= 0.6 is 0 Å². The number of aliphatic hydroxyl groups excluding tert-OH is 2. The number of carbonyl (C=O) groups is 4. The number of aldehydes is 2. The first-order valence-electron chi connectivity index (χ1n) is 28.6. The molecule has 0 heterocycles. The number of benzene rings is 4.